The van der Waals surface area contributed by atoms with Gasteiger partial charge in [-0.3, -0.25) is 5.10 Å². The first-order valence-electron chi connectivity index (χ1n) is 6.86. The lowest BCUT2D eigenvalue weighted by molar-refractivity contribution is 0.251. The number of rotatable bonds is 7. The van der Waals surface area contributed by atoms with Gasteiger partial charge in [-0.2, -0.15) is 8.78 Å². The van der Waals surface area contributed by atoms with Crippen LogP contribution in [0.4, 0.5) is 8.78 Å². The predicted molar refractivity (Wildman–Crippen MR) is 94.1 cm³/mol. The summed E-state index contributed by atoms with van der Waals surface area (Å²) in [5.74, 6) is -0.651. The Balaban J connectivity index is 1.66. The number of thiophene rings is 1. The summed E-state index contributed by atoms with van der Waals surface area (Å²) >= 11 is 3.54. The summed E-state index contributed by atoms with van der Waals surface area (Å²) in [5.41, 5.74) is 0.956. The summed E-state index contributed by atoms with van der Waals surface area (Å²) in [6, 6.07) is 9.17. The molecule has 1 N–H and O–H groups in total. The average molecular weight is 385 g/mol. The fourth-order valence-corrected chi connectivity index (χ4v) is 3.98. The van der Waals surface area contributed by atoms with Gasteiger partial charge in [0.2, 0.25) is 5.16 Å². The first-order valence-corrected chi connectivity index (χ1v) is 9.61. The lowest BCUT2D eigenvalue weighted by Crippen LogP contribution is -1.91. The van der Waals surface area contributed by atoms with Crippen molar-refractivity contribution in [1.82, 2.24) is 15.2 Å². The topological polar surface area (TPSA) is 50.8 Å². The molecule has 0 atom stereocenters. The van der Waals surface area contributed by atoms with Crippen LogP contribution in [0.3, 0.4) is 0 Å². The van der Waals surface area contributed by atoms with E-state index in [9.17, 15) is 8.78 Å². The van der Waals surface area contributed by atoms with E-state index in [0.717, 1.165) is 16.3 Å². The van der Waals surface area contributed by atoms with Crippen molar-refractivity contribution < 1.29 is 13.5 Å². The van der Waals surface area contributed by atoms with E-state index >= 15 is 0 Å². The highest BCUT2D eigenvalue weighted by molar-refractivity contribution is 7.99. The molecule has 0 amide bonds. The van der Waals surface area contributed by atoms with Crippen LogP contribution in [0, 0.1) is 0 Å². The molecule has 3 rings (SSSR count). The Labute approximate surface area is 150 Å². The highest BCUT2D eigenvalue weighted by Crippen LogP contribution is 2.35. The quantitative estimate of drug-likeness (QED) is 0.570. The fraction of sp³-hybridized carbons (Fsp3) is 0.200. The summed E-state index contributed by atoms with van der Waals surface area (Å²) < 4.78 is 30.2. The van der Waals surface area contributed by atoms with Gasteiger partial charge in [-0.15, -0.1) is 16.4 Å². The summed E-state index contributed by atoms with van der Waals surface area (Å²) in [5, 5.41) is 9.72. The molecule has 0 saturated heterocycles. The Morgan fingerprint density at radius 3 is 2.92 bits per heavy atom. The van der Waals surface area contributed by atoms with E-state index in [1.165, 1.54) is 18.9 Å². The van der Waals surface area contributed by atoms with E-state index in [4.69, 9.17) is 4.74 Å². The number of hydrogen-bond donors (Lipinski definition) is 1. The number of methoxy groups -OCH3 is 1. The standard InChI is InChI=1S/C15H13F2N3OS3/c1-21-10-7-9(4-5-11(10)24-14(16)17)8-23-15-18-13(19-20-15)12-3-2-6-22-12/h2-7,14H,8H2,1H3,(H,18,19,20). The van der Waals surface area contributed by atoms with Gasteiger partial charge in [0.1, 0.15) is 5.75 Å². The molecular formula is C15H13F2N3OS3. The second-order valence-electron chi connectivity index (χ2n) is 4.60. The molecule has 3 aromatic rings. The normalized spacial score (nSPS) is 11.2. The maximum absolute atomic E-state index is 12.5. The van der Waals surface area contributed by atoms with E-state index in [1.807, 2.05) is 23.6 Å². The first-order chi connectivity index (χ1) is 11.7. The number of H-pyrrole nitrogens is 1. The molecule has 2 aromatic heterocycles. The molecule has 0 bridgehead atoms. The third-order valence-electron chi connectivity index (χ3n) is 3.03. The highest BCUT2D eigenvalue weighted by atomic mass is 32.2. The molecule has 0 unspecified atom stereocenters. The van der Waals surface area contributed by atoms with Gasteiger partial charge >= 0.3 is 0 Å². The van der Waals surface area contributed by atoms with Gasteiger partial charge in [-0.1, -0.05) is 35.7 Å². The number of aromatic amines is 1. The Morgan fingerprint density at radius 2 is 2.21 bits per heavy atom. The number of aromatic nitrogens is 3. The minimum Gasteiger partial charge on any atom is -0.496 e. The van der Waals surface area contributed by atoms with E-state index in [0.29, 0.717) is 33.3 Å². The molecule has 1 aromatic carbocycles. The molecule has 0 aliphatic carbocycles. The molecule has 9 heteroatoms. The zero-order chi connectivity index (χ0) is 16.9. The van der Waals surface area contributed by atoms with Gasteiger partial charge in [-0.25, -0.2) is 4.98 Å². The van der Waals surface area contributed by atoms with Crippen molar-refractivity contribution in [3.8, 4) is 16.5 Å². The molecule has 4 nitrogen and oxygen atoms in total. The minimum atomic E-state index is -2.47. The molecular weight excluding hydrogens is 372 g/mol. The zero-order valence-corrected chi connectivity index (χ0v) is 15.0. The number of nitrogens with zero attached hydrogens (tertiary/aromatic N) is 2. The van der Waals surface area contributed by atoms with Gasteiger partial charge in [-0.05, 0) is 29.1 Å². The second-order valence-corrected chi connectivity index (χ2v) is 7.52. The average Bonchev–Trinajstić information content (AvgIpc) is 3.24. The summed E-state index contributed by atoms with van der Waals surface area (Å²) in [7, 11) is 1.48. The van der Waals surface area contributed by atoms with Crippen LogP contribution in [0.15, 0.2) is 45.8 Å². The van der Waals surface area contributed by atoms with E-state index in [-0.39, 0.29) is 0 Å². The SMILES string of the molecule is COc1cc(CSc2n[nH]c(-c3cccs3)n2)ccc1SC(F)F. The Morgan fingerprint density at radius 1 is 1.33 bits per heavy atom. The number of benzene rings is 1. The van der Waals surface area contributed by atoms with Crippen LogP contribution in [0.5, 0.6) is 5.75 Å². The van der Waals surface area contributed by atoms with Crippen LogP contribution in [0.25, 0.3) is 10.7 Å². The second kappa shape index (κ2) is 8.00. The fourth-order valence-electron chi connectivity index (χ4n) is 1.98. The van der Waals surface area contributed by atoms with E-state index < -0.39 is 5.76 Å². The number of thioether (sulfide) groups is 2. The largest absolute Gasteiger partial charge is 0.496 e. The van der Waals surface area contributed by atoms with Crippen molar-refractivity contribution in [1.29, 1.82) is 0 Å². The predicted octanol–water partition coefficient (Wildman–Crippen LogP) is 5.15. The van der Waals surface area contributed by atoms with Crippen LogP contribution in [-0.4, -0.2) is 28.0 Å². The molecule has 0 radical (unpaired) electrons. The van der Waals surface area contributed by atoms with Crippen molar-refractivity contribution in [2.24, 2.45) is 0 Å². The summed E-state index contributed by atoms with van der Waals surface area (Å²) in [6.45, 7) is 0. The van der Waals surface area contributed by atoms with Crippen LogP contribution in [-0.2, 0) is 5.75 Å². The molecule has 126 valence electrons. The van der Waals surface area contributed by atoms with Gasteiger partial charge in [0.15, 0.2) is 5.82 Å². The van der Waals surface area contributed by atoms with Gasteiger partial charge in [0.25, 0.3) is 5.76 Å². The van der Waals surface area contributed by atoms with Crippen LogP contribution >= 0.6 is 34.9 Å². The molecule has 0 saturated carbocycles. The summed E-state index contributed by atoms with van der Waals surface area (Å²) in [4.78, 5) is 5.90. The maximum atomic E-state index is 12.5. The Hall–Kier alpha value is -1.58. The molecule has 2 heterocycles. The number of nitrogens with one attached hydrogen (secondary N) is 1. The van der Waals surface area contributed by atoms with Crippen molar-refractivity contribution in [2.75, 3.05) is 7.11 Å². The molecule has 0 fully saturated rings. The number of halogens is 2. The molecule has 0 aliphatic rings. The van der Waals surface area contributed by atoms with Gasteiger partial charge in [0.05, 0.1) is 16.9 Å². The van der Waals surface area contributed by atoms with Crippen LogP contribution in [0.1, 0.15) is 5.56 Å². The number of ether oxygens (including phenoxy) is 1. The third kappa shape index (κ3) is 4.28. The molecule has 0 spiro atoms. The smallest absolute Gasteiger partial charge is 0.289 e. The minimum absolute atomic E-state index is 0.430. The van der Waals surface area contributed by atoms with E-state index in [1.54, 1.807) is 23.5 Å². The Bertz CT molecular complexity index is 793. The van der Waals surface area contributed by atoms with Crippen molar-refractivity contribution in [3.05, 3.63) is 41.3 Å². The van der Waals surface area contributed by atoms with E-state index in [2.05, 4.69) is 15.2 Å². The maximum Gasteiger partial charge on any atom is 0.289 e. The van der Waals surface area contributed by atoms with Crippen molar-refractivity contribution >= 4 is 34.9 Å². The summed E-state index contributed by atoms with van der Waals surface area (Å²) in [6.07, 6.45) is 0. The van der Waals surface area contributed by atoms with Crippen LogP contribution < -0.4 is 4.74 Å². The van der Waals surface area contributed by atoms with Crippen LogP contribution in [0.2, 0.25) is 0 Å². The lowest BCUT2D eigenvalue weighted by Gasteiger charge is -2.09. The third-order valence-corrected chi connectivity index (χ3v) is 5.60. The first kappa shape index (κ1) is 17.2. The van der Waals surface area contributed by atoms with Crippen molar-refractivity contribution in [3.63, 3.8) is 0 Å². The molecule has 24 heavy (non-hydrogen) atoms. The van der Waals surface area contributed by atoms with Gasteiger partial charge < -0.3 is 4.74 Å². The van der Waals surface area contributed by atoms with Gasteiger partial charge in [0, 0.05) is 5.75 Å². The Kier molecular flexibility index (Phi) is 5.75. The highest BCUT2D eigenvalue weighted by Gasteiger charge is 2.12. The van der Waals surface area contributed by atoms with Crippen molar-refractivity contribution in [2.45, 2.75) is 21.6 Å². The monoisotopic (exact) mass is 385 g/mol. The number of hydrogen-bond acceptors (Lipinski definition) is 6. The number of alkyl halides is 2. The zero-order valence-electron chi connectivity index (χ0n) is 12.5. The lowest BCUT2D eigenvalue weighted by atomic mass is 10.2. The molecule has 0 aliphatic heterocycles.